The van der Waals surface area contributed by atoms with E-state index in [4.69, 9.17) is 9.47 Å². The Kier molecular flexibility index (Phi) is 6.34. The van der Waals surface area contributed by atoms with Crippen molar-refractivity contribution in [3.05, 3.63) is 71.3 Å². The predicted molar refractivity (Wildman–Crippen MR) is 110 cm³/mol. The van der Waals surface area contributed by atoms with Gasteiger partial charge in [0.1, 0.15) is 11.5 Å². The first-order valence-corrected chi connectivity index (χ1v) is 9.53. The zero-order valence-corrected chi connectivity index (χ0v) is 16.8. The van der Waals surface area contributed by atoms with Gasteiger partial charge in [0, 0.05) is 12.1 Å². The van der Waals surface area contributed by atoms with Crippen LogP contribution in [0, 0.1) is 0 Å². The topological polar surface area (TPSA) is 76.1 Å². The Hall–Kier alpha value is -3.12. The summed E-state index contributed by atoms with van der Waals surface area (Å²) in [6.45, 7) is 4.35. The highest BCUT2D eigenvalue weighted by molar-refractivity contribution is 6.46. The number of likely N-dealkylation sites (tertiary alicyclic amines) is 1. The van der Waals surface area contributed by atoms with E-state index in [1.54, 1.807) is 55.6 Å². The molecule has 1 N–H and O–H groups in total. The molecule has 1 aliphatic rings. The van der Waals surface area contributed by atoms with Crippen molar-refractivity contribution in [3.63, 3.8) is 0 Å². The van der Waals surface area contributed by atoms with Crippen LogP contribution in [0.5, 0.6) is 5.75 Å². The summed E-state index contributed by atoms with van der Waals surface area (Å²) in [5.74, 6) is -0.860. The molecule has 152 valence electrons. The number of benzene rings is 2. The van der Waals surface area contributed by atoms with Crippen LogP contribution in [0.4, 0.5) is 0 Å². The second-order valence-corrected chi connectivity index (χ2v) is 7.05. The summed E-state index contributed by atoms with van der Waals surface area (Å²) >= 11 is 0. The highest BCUT2D eigenvalue weighted by Gasteiger charge is 2.45. The zero-order valence-electron chi connectivity index (χ0n) is 16.8. The second kappa shape index (κ2) is 8.92. The van der Waals surface area contributed by atoms with Gasteiger partial charge in [0.2, 0.25) is 0 Å². The van der Waals surface area contributed by atoms with Crippen LogP contribution in [0.25, 0.3) is 5.76 Å². The molecule has 1 aliphatic heterocycles. The molecule has 0 spiro atoms. The van der Waals surface area contributed by atoms with Crippen molar-refractivity contribution in [2.45, 2.75) is 26.0 Å². The second-order valence-electron chi connectivity index (χ2n) is 7.05. The van der Waals surface area contributed by atoms with Crippen molar-refractivity contribution in [2.24, 2.45) is 0 Å². The number of hydrogen-bond donors (Lipinski definition) is 1. The first kappa shape index (κ1) is 20.6. The molecular weight excluding hydrogens is 370 g/mol. The van der Waals surface area contributed by atoms with E-state index >= 15 is 0 Å². The van der Waals surface area contributed by atoms with Crippen LogP contribution >= 0.6 is 0 Å². The number of aliphatic hydroxyl groups excluding tert-OH is 1. The summed E-state index contributed by atoms with van der Waals surface area (Å²) in [5, 5.41) is 10.9. The van der Waals surface area contributed by atoms with E-state index in [1.807, 2.05) is 19.9 Å². The minimum atomic E-state index is -0.697. The highest BCUT2D eigenvalue weighted by atomic mass is 16.5. The summed E-state index contributed by atoms with van der Waals surface area (Å²) < 4.78 is 10.8. The summed E-state index contributed by atoms with van der Waals surface area (Å²) in [6.07, 6.45) is 0.00979. The molecule has 0 bridgehead atoms. The lowest BCUT2D eigenvalue weighted by Crippen LogP contribution is -2.33. The lowest BCUT2D eigenvalue weighted by atomic mass is 9.95. The minimum absolute atomic E-state index is 0.00979. The van der Waals surface area contributed by atoms with Crippen molar-refractivity contribution in [3.8, 4) is 5.75 Å². The Morgan fingerprint density at radius 3 is 2.31 bits per heavy atom. The number of nitrogens with zero attached hydrogens (tertiary/aromatic N) is 1. The monoisotopic (exact) mass is 395 g/mol. The quantitative estimate of drug-likeness (QED) is 0.441. The van der Waals surface area contributed by atoms with Gasteiger partial charge in [-0.1, -0.05) is 42.5 Å². The van der Waals surface area contributed by atoms with Crippen molar-refractivity contribution >= 4 is 17.4 Å². The molecule has 6 nitrogen and oxygen atoms in total. The number of rotatable bonds is 7. The molecule has 1 heterocycles. The Bertz CT molecular complexity index is 903. The van der Waals surface area contributed by atoms with E-state index in [2.05, 4.69) is 0 Å². The molecule has 29 heavy (non-hydrogen) atoms. The van der Waals surface area contributed by atoms with Gasteiger partial charge in [-0.05, 0) is 31.5 Å². The van der Waals surface area contributed by atoms with Crippen LogP contribution < -0.4 is 4.74 Å². The van der Waals surface area contributed by atoms with Crippen molar-refractivity contribution < 1.29 is 24.2 Å². The van der Waals surface area contributed by atoms with E-state index in [0.29, 0.717) is 23.5 Å². The maximum atomic E-state index is 12.9. The third kappa shape index (κ3) is 4.32. The molecular formula is C23H25NO5. The van der Waals surface area contributed by atoms with Gasteiger partial charge >= 0.3 is 0 Å². The Balaban J connectivity index is 2.06. The van der Waals surface area contributed by atoms with E-state index < -0.39 is 17.7 Å². The number of amides is 1. The van der Waals surface area contributed by atoms with E-state index in [-0.39, 0.29) is 24.0 Å². The highest BCUT2D eigenvalue weighted by Crippen LogP contribution is 2.39. The largest absolute Gasteiger partial charge is 0.507 e. The number of carbonyl (C=O) groups is 2. The van der Waals surface area contributed by atoms with E-state index in [9.17, 15) is 14.7 Å². The lowest BCUT2D eigenvalue weighted by Gasteiger charge is -2.25. The standard InChI is InChI=1S/C23H25NO5/c1-15(2)29-14-13-24-20(16-9-11-18(28-3)12-10-16)19(22(26)23(24)27)21(25)17-7-5-4-6-8-17/h4-12,15,20,25H,13-14H2,1-3H3/b21-19-. The van der Waals surface area contributed by atoms with Crippen LogP contribution in [0.1, 0.15) is 31.0 Å². The Labute approximate surface area is 170 Å². The average molecular weight is 395 g/mol. The van der Waals surface area contributed by atoms with Crippen molar-refractivity contribution in [1.29, 1.82) is 0 Å². The number of aliphatic hydroxyl groups is 1. The average Bonchev–Trinajstić information content (AvgIpc) is 2.98. The Morgan fingerprint density at radius 1 is 1.07 bits per heavy atom. The summed E-state index contributed by atoms with van der Waals surface area (Å²) in [5.41, 5.74) is 1.28. The van der Waals surface area contributed by atoms with E-state index in [1.165, 1.54) is 4.90 Å². The predicted octanol–water partition coefficient (Wildman–Crippen LogP) is 3.54. The van der Waals surface area contributed by atoms with E-state index in [0.717, 1.165) is 0 Å². The first-order valence-electron chi connectivity index (χ1n) is 9.53. The maximum absolute atomic E-state index is 12.9. The van der Waals surface area contributed by atoms with Crippen LogP contribution in [-0.2, 0) is 14.3 Å². The van der Waals surface area contributed by atoms with Crippen LogP contribution in [0.2, 0.25) is 0 Å². The van der Waals surface area contributed by atoms with Crippen molar-refractivity contribution in [2.75, 3.05) is 20.3 Å². The number of carbonyl (C=O) groups excluding carboxylic acids is 2. The normalized spacial score (nSPS) is 18.5. The van der Waals surface area contributed by atoms with Gasteiger partial charge in [0.15, 0.2) is 0 Å². The summed E-state index contributed by atoms with van der Waals surface area (Å²) in [7, 11) is 1.57. The van der Waals surface area contributed by atoms with Gasteiger partial charge in [-0.2, -0.15) is 0 Å². The fourth-order valence-corrected chi connectivity index (χ4v) is 3.38. The molecule has 3 rings (SSSR count). The molecule has 0 saturated carbocycles. The SMILES string of the molecule is COc1ccc(C2/C(=C(/O)c3ccccc3)C(=O)C(=O)N2CCOC(C)C)cc1. The molecule has 1 fully saturated rings. The summed E-state index contributed by atoms with van der Waals surface area (Å²) in [6, 6.07) is 15.2. The molecule has 1 saturated heterocycles. The van der Waals surface area contributed by atoms with Gasteiger partial charge < -0.3 is 19.5 Å². The molecule has 0 radical (unpaired) electrons. The van der Waals surface area contributed by atoms with Gasteiger partial charge in [-0.25, -0.2) is 0 Å². The molecule has 0 aliphatic carbocycles. The fourth-order valence-electron chi connectivity index (χ4n) is 3.38. The first-order chi connectivity index (χ1) is 13.9. The summed E-state index contributed by atoms with van der Waals surface area (Å²) in [4.78, 5) is 27.1. The minimum Gasteiger partial charge on any atom is -0.507 e. The lowest BCUT2D eigenvalue weighted by molar-refractivity contribution is -0.140. The van der Waals surface area contributed by atoms with Crippen LogP contribution in [0.3, 0.4) is 0 Å². The smallest absolute Gasteiger partial charge is 0.295 e. The van der Waals surface area contributed by atoms with Crippen molar-refractivity contribution in [1.82, 2.24) is 4.90 Å². The molecule has 6 heteroatoms. The maximum Gasteiger partial charge on any atom is 0.295 e. The zero-order chi connectivity index (χ0) is 21.0. The molecule has 1 unspecified atom stereocenters. The number of ketones is 1. The van der Waals surface area contributed by atoms with Gasteiger partial charge in [0.05, 0.1) is 31.4 Å². The van der Waals surface area contributed by atoms with Gasteiger partial charge in [-0.15, -0.1) is 0 Å². The molecule has 2 aromatic rings. The van der Waals surface area contributed by atoms with Crippen LogP contribution in [-0.4, -0.2) is 48.1 Å². The Morgan fingerprint density at radius 2 is 1.72 bits per heavy atom. The molecule has 2 aromatic carbocycles. The van der Waals surface area contributed by atoms with Gasteiger partial charge in [0.25, 0.3) is 11.7 Å². The molecule has 1 atom stereocenters. The molecule has 1 amide bonds. The fraction of sp³-hybridized carbons (Fsp3) is 0.304. The molecule has 0 aromatic heterocycles. The van der Waals surface area contributed by atoms with Crippen LogP contribution in [0.15, 0.2) is 60.2 Å². The van der Waals surface area contributed by atoms with Gasteiger partial charge in [-0.3, -0.25) is 9.59 Å². The third-order valence-electron chi connectivity index (χ3n) is 4.80. The number of methoxy groups -OCH3 is 1. The number of hydrogen-bond acceptors (Lipinski definition) is 5. The number of Topliss-reactive ketones (excluding diaryl/α,β-unsaturated/α-hetero) is 1. The third-order valence-corrected chi connectivity index (χ3v) is 4.80. The number of ether oxygens (including phenoxy) is 2.